The molecule has 1 atom stereocenters. The minimum Gasteiger partial charge on any atom is -0.340 e. The Morgan fingerprint density at radius 3 is 2.83 bits per heavy atom. The summed E-state index contributed by atoms with van der Waals surface area (Å²) in [5.74, 6) is -0.0493. The summed E-state index contributed by atoms with van der Waals surface area (Å²) in [4.78, 5) is 18.2. The fraction of sp³-hybridized carbons (Fsp3) is 0.286. The number of benzene rings is 1. The van der Waals surface area contributed by atoms with Gasteiger partial charge in [0.15, 0.2) is 0 Å². The van der Waals surface area contributed by atoms with E-state index in [1.807, 2.05) is 31.2 Å². The van der Waals surface area contributed by atoms with Crippen LogP contribution in [0.25, 0.3) is 10.9 Å². The second kappa shape index (κ2) is 5.36. The van der Waals surface area contributed by atoms with Crippen molar-refractivity contribution in [2.75, 3.05) is 13.6 Å². The van der Waals surface area contributed by atoms with Crippen molar-refractivity contribution in [2.24, 2.45) is 0 Å². The molecule has 0 radical (unpaired) electrons. The lowest BCUT2D eigenvalue weighted by atomic mass is 10.1. The highest BCUT2D eigenvalue weighted by Gasteiger charge is 2.16. The van der Waals surface area contributed by atoms with Crippen molar-refractivity contribution in [2.45, 2.75) is 12.3 Å². The molecule has 94 valence electrons. The fourth-order valence-corrected chi connectivity index (χ4v) is 2.15. The molecule has 0 aliphatic rings. The van der Waals surface area contributed by atoms with E-state index in [2.05, 4.69) is 4.98 Å². The van der Waals surface area contributed by atoms with Gasteiger partial charge >= 0.3 is 0 Å². The first-order chi connectivity index (χ1) is 8.59. The Morgan fingerprint density at radius 1 is 1.39 bits per heavy atom. The number of para-hydroxylation sites is 1. The van der Waals surface area contributed by atoms with E-state index in [1.54, 1.807) is 24.2 Å². The monoisotopic (exact) mass is 262 g/mol. The Labute approximate surface area is 111 Å². The molecule has 0 saturated heterocycles. The van der Waals surface area contributed by atoms with E-state index in [9.17, 15) is 4.79 Å². The molecule has 0 N–H and O–H groups in total. The van der Waals surface area contributed by atoms with Gasteiger partial charge in [0.2, 0.25) is 0 Å². The molecule has 1 heterocycles. The SMILES string of the molecule is CC(Cl)CN(C)C(=O)c1cccc2cccnc12. The van der Waals surface area contributed by atoms with Crippen molar-refractivity contribution in [1.29, 1.82) is 0 Å². The Kier molecular flexibility index (Phi) is 3.82. The lowest BCUT2D eigenvalue weighted by Crippen LogP contribution is -2.31. The van der Waals surface area contributed by atoms with Gasteiger partial charge in [0.05, 0.1) is 11.1 Å². The molecule has 0 fully saturated rings. The molecule has 4 heteroatoms. The van der Waals surface area contributed by atoms with Crippen LogP contribution in [0.3, 0.4) is 0 Å². The van der Waals surface area contributed by atoms with Crippen LogP contribution in [0.2, 0.25) is 0 Å². The Balaban J connectivity index is 2.39. The first-order valence-corrected chi connectivity index (χ1v) is 6.26. The average Bonchev–Trinajstić information content (AvgIpc) is 2.36. The quantitative estimate of drug-likeness (QED) is 0.797. The van der Waals surface area contributed by atoms with Gasteiger partial charge in [0.1, 0.15) is 0 Å². The zero-order valence-corrected chi connectivity index (χ0v) is 11.2. The number of hydrogen-bond acceptors (Lipinski definition) is 2. The number of amides is 1. The van der Waals surface area contributed by atoms with Crippen molar-refractivity contribution in [3.8, 4) is 0 Å². The number of fused-ring (bicyclic) bond motifs is 1. The summed E-state index contributed by atoms with van der Waals surface area (Å²) in [6.45, 7) is 2.39. The van der Waals surface area contributed by atoms with Gasteiger partial charge in [-0.2, -0.15) is 0 Å². The van der Waals surface area contributed by atoms with E-state index >= 15 is 0 Å². The number of rotatable bonds is 3. The predicted octanol–water partition coefficient (Wildman–Crippen LogP) is 2.93. The summed E-state index contributed by atoms with van der Waals surface area (Å²) in [5, 5.41) is 0.901. The van der Waals surface area contributed by atoms with E-state index in [4.69, 9.17) is 11.6 Å². The zero-order chi connectivity index (χ0) is 13.1. The smallest absolute Gasteiger partial charge is 0.255 e. The number of carbonyl (C=O) groups excluding carboxylic acids is 1. The van der Waals surface area contributed by atoms with E-state index in [0.29, 0.717) is 12.1 Å². The van der Waals surface area contributed by atoms with Crippen molar-refractivity contribution in [1.82, 2.24) is 9.88 Å². The van der Waals surface area contributed by atoms with Gasteiger partial charge in [-0.25, -0.2) is 0 Å². The van der Waals surface area contributed by atoms with Gasteiger partial charge in [-0.15, -0.1) is 11.6 Å². The lowest BCUT2D eigenvalue weighted by molar-refractivity contribution is 0.0798. The third-order valence-electron chi connectivity index (χ3n) is 2.74. The van der Waals surface area contributed by atoms with Crippen molar-refractivity contribution < 1.29 is 4.79 Å². The number of aromatic nitrogens is 1. The second-order valence-corrected chi connectivity index (χ2v) is 5.09. The van der Waals surface area contributed by atoms with Crippen LogP contribution in [-0.4, -0.2) is 34.8 Å². The van der Waals surface area contributed by atoms with Crippen LogP contribution >= 0.6 is 11.6 Å². The summed E-state index contributed by atoms with van der Waals surface area (Å²) in [5.41, 5.74) is 1.35. The molecule has 2 rings (SSSR count). The molecule has 0 aliphatic heterocycles. The lowest BCUT2D eigenvalue weighted by Gasteiger charge is -2.19. The molecule has 1 amide bonds. The maximum absolute atomic E-state index is 12.3. The van der Waals surface area contributed by atoms with Crippen LogP contribution in [0.15, 0.2) is 36.5 Å². The van der Waals surface area contributed by atoms with Gasteiger partial charge in [-0.1, -0.05) is 18.2 Å². The standard InChI is InChI=1S/C14H15ClN2O/c1-10(15)9-17(2)14(18)12-7-3-5-11-6-4-8-16-13(11)12/h3-8,10H,9H2,1-2H3. The zero-order valence-electron chi connectivity index (χ0n) is 10.4. The Morgan fingerprint density at radius 2 is 2.11 bits per heavy atom. The number of carbonyl (C=O) groups is 1. The summed E-state index contributed by atoms with van der Waals surface area (Å²) in [7, 11) is 1.75. The maximum Gasteiger partial charge on any atom is 0.255 e. The Bertz CT molecular complexity index is 563. The van der Waals surface area contributed by atoms with Crippen LogP contribution in [0, 0.1) is 0 Å². The van der Waals surface area contributed by atoms with Crippen LogP contribution in [0.5, 0.6) is 0 Å². The van der Waals surface area contributed by atoms with Crippen LogP contribution < -0.4 is 0 Å². The number of nitrogens with zero attached hydrogens (tertiary/aromatic N) is 2. The van der Waals surface area contributed by atoms with Gasteiger partial charge in [0, 0.05) is 30.6 Å². The summed E-state index contributed by atoms with van der Waals surface area (Å²) in [6.07, 6.45) is 1.70. The molecular formula is C14H15ClN2O. The van der Waals surface area contributed by atoms with Crippen molar-refractivity contribution >= 4 is 28.4 Å². The molecule has 0 spiro atoms. The summed E-state index contributed by atoms with van der Waals surface area (Å²) < 4.78 is 0. The second-order valence-electron chi connectivity index (χ2n) is 4.35. The highest BCUT2D eigenvalue weighted by Crippen LogP contribution is 2.17. The van der Waals surface area contributed by atoms with Gasteiger partial charge in [0.25, 0.3) is 5.91 Å². The minimum absolute atomic E-state index is 0.0493. The molecule has 18 heavy (non-hydrogen) atoms. The molecule has 0 bridgehead atoms. The molecule has 0 saturated carbocycles. The largest absolute Gasteiger partial charge is 0.340 e. The first-order valence-electron chi connectivity index (χ1n) is 5.83. The maximum atomic E-state index is 12.3. The number of halogens is 1. The molecule has 1 aromatic carbocycles. The minimum atomic E-state index is -0.0677. The highest BCUT2D eigenvalue weighted by atomic mass is 35.5. The van der Waals surface area contributed by atoms with E-state index in [0.717, 1.165) is 10.9 Å². The third-order valence-corrected chi connectivity index (χ3v) is 2.87. The van der Waals surface area contributed by atoms with E-state index in [1.165, 1.54) is 0 Å². The molecule has 1 unspecified atom stereocenters. The van der Waals surface area contributed by atoms with E-state index < -0.39 is 0 Å². The molecule has 1 aromatic heterocycles. The van der Waals surface area contributed by atoms with Gasteiger partial charge in [-0.3, -0.25) is 9.78 Å². The van der Waals surface area contributed by atoms with Crippen molar-refractivity contribution in [3.05, 3.63) is 42.1 Å². The number of alkyl halides is 1. The Hall–Kier alpha value is -1.61. The van der Waals surface area contributed by atoms with Gasteiger partial charge < -0.3 is 4.90 Å². The van der Waals surface area contributed by atoms with Crippen LogP contribution in [-0.2, 0) is 0 Å². The number of hydrogen-bond donors (Lipinski definition) is 0. The third kappa shape index (κ3) is 2.62. The molecule has 0 aliphatic carbocycles. The predicted molar refractivity (Wildman–Crippen MR) is 74.0 cm³/mol. The summed E-state index contributed by atoms with van der Waals surface area (Å²) in [6, 6.07) is 9.43. The number of pyridine rings is 1. The first kappa shape index (κ1) is 12.8. The highest BCUT2D eigenvalue weighted by molar-refractivity contribution is 6.20. The fourth-order valence-electron chi connectivity index (χ4n) is 1.94. The van der Waals surface area contributed by atoms with Crippen LogP contribution in [0.1, 0.15) is 17.3 Å². The molecular weight excluding hydrogens is 248 g/mol. The normalized spacial score (nSPS) is 12.4. The molecule has 2 aromatic rings. The topological polar surface area (TPSA) is 33.2 Å². The van der Waals surface area contributed by atoms with Crippen LogP contribution in [0.4, 0.5) is 0 Å². The van der Waals surface area contributed by atoms with Gasteiger partial charge in [-0.05, 0) is 19.1 Å². The van der Waals surface area contributed by atoms with E-state index in [-0.39, 0.29) is 11.3 Å². The summed E-state index contributed by atoms with van der Waals surface area (Å²) >= 11 is 5.91. The molecule has 3 nitrogen and oxygen atoms in total. The average molecular weight is 263 g/mol. The van der Waals surface area contributed by atoms with Crippen molar-refractivity contribution in [3.63, 3.8) is 0 Å².